The zero-order chi connectivity index (χ0) is 7.98. The van der Waals surface area contributed by atoms with Gasteiger partial charge in [-0.05, 0) is 6.07 Å². The molecule has 0 N–H and O–H groups in total. The summed E-state index contributed by atoms with van der Waals surface area (Å²) >= 11 is 5.55. The van der Waals surface area contributed by atoms with E-state index in [1.165, 1.54) is 0 Å². The van der Waals surface area contributed by atoms with Gasteiger partial charge in [0.1, 0.15) is 12.0 Å². The Hall–Kier alpha value is -0.430. The van der Waals surface area contributed by atoms with Crippen LogP contribution in [0.4, 0.5) is 0 Å². The van der Waals surface area contributed by atoms with Gasteiger partial charge in [0, 0.05) is 6.42 Å². The maximum Gasteiger partial charge on any atom is 0.109 e. The fourth-order valence-electron chi connectivity index (χ4n) is 0.539. The number of halogens is 1. The van der Waals surface area contributed by atoms with Gasteiger partial charge in [0.25, 0.3) is 0 Å². The molecular formula is C8H13ClO. The van der Waals surface area contributed by atoms with Gasteiger partial charge in [-0.1, -0.05) is 32.4 Å². The Balaban J connectivity index is 0.000000371. The lowest BCUT2D eigenvalue weighted by molar-refractivity contribution is 0.516. The third-order valence-electron chi connectivity index (χ3n) is 0.970. The molecule has 1 rings (SSSR count). The standard InChI is InChI=1S/C6H7ClO.C2H6/c1-2-6-3-5(7)4-8-6;1-2/h3-4H,2H2,1H3;1-2H3. The van der Waals surface area contributed by atoms with Crippen molar-refractivity contribution in [1.29, 1.82) is 0 Å². The van der Waals surface area contributed by atoms with E-state index < -0.39 is 0 Å². The Morgan fingerprint density at radius 2 is 2.10 bits per heavy atom. The zero-order valence-corrected chi connectivity index (χ0v) is 7.40. The predicted molar refractivity (Wildman–Crippen MR) is 44.4 cm³/mol. The molecule has 1 nitrogen and oxygen atoms in total. The smallest absolute Gasteiger partial charge is 0.109 e. The quantitative estimate of drug-likeness (QED) is 0.613. The van der Waals surface area contributed by atoms with Crippen LogP contribution in [0, 0.1) is 0 Å². The summed E-state index contributed by atoms with van der Waals surface area (Å²) in [6, 6.07) is 1.82. The summed E-state index contributed by atoms with van der Waals surface area (Å²) < 4.78 is 4.98. The van der Waals surface area contributed by atoms with Gasteiger partial charge in [0.15, 0.2) is 0 Å². The largest absolute Gasteiger partial charge is 0.468 e. The van der Waals surface area contributed by atoms with Crippen molar-refractivity contribution in [2.45, 2.75) is 27.2 Å². The summed E-state index contributed by atoms with van der Waals surface area (Å²) in [6.45, 7) is 6.02. The fraction of sp³-hybridized carbons (Fsp3) is 0.500. The van der Waals surface area contributed by atoms with Gasteiger partial charge >= 0.3 is 0 Å². The third kappa shape index (κ3) is 2.92. The average molecular weight is 161 g/mol. The molecule has 0 fully saturated rings. The second kappa shape index (κ2) is 5.36. The van der Waals surface area contributed by atoms with Gasteiger partial charge in [-0.25, -0.2) is 0 Å². The Morgan fingerprint density at radius 3 is 2.30 bits per heavy atom. The van der Waals surface area contributed by atoms with Crippen molar-refractivity contribution in [3.05, 3.63) is 23.1 Å². The van der Waals surface area contributed by atoms with Gasteiger partial charge in [-0.15, -0.1) is 0 Å². The summed E-state index contributed by atoms with van der Waals surface area (Å²) in [7, 11) is 0. The Bertz CT molecular complexity index is 170. The van der Waals surface area contributed by atoms with Crippen molar-refractivity contribution in [2.24, 2.45) is 0 Å². The van der Waals surface area contributed by atoms with Crippen LogP contribution in [0.15, 0.2) is 16.7 Å². The van der Waals surface area contributed by atoms with Crippen molar-refractivity contribution < 1.29 is 4.42 Å². The van der Waals surface area contributed by atoms with Crippen molar-refractivity contribution in [3.8, 4) is 0 Å². The topological polar surface area (TPSA) is 13.1 Å². The van der Waals surface area contributed by atoms with E-state index in [0.29, 0.717) is 5.02 Å². The number of rotatable bonds is 1. The van der Waals surface area contributed by atoms with E-state index in [1.54, 1.807) is 6.26 Å². The zero-order valence-electron chi connectivity index (χ0n) is 6.65. The number of hydrogen-bond acceptors (Lipinski definition) is 1. The first-order valence-electron chi connectivity index (χ1n) is 3.56. The maximum atomic E-state index is 5.55. The molecule has 1 aromatic rings. The fourth-order valence-corrected chi connectivity index (χ4v) is 0.705. The molecule has 0 saturated carbocycles. The monoisotopic (exact) mass is 160 g/mol. The van der Waals surface area contributed by atoms with E-state index in [-0.39, 0.29) is 0 Å². The lowest BCUT2D eigenvalue weighted by atomic mass is 10.4. The van der Waals surface area contributed by atoms with Crippen LogP contribution in [0.25, 0.3) is 0 Å². The minimum atomic E-state index is 0.682. The molecule has 0 atom stereocenters. The minimum absolute atomic E-state index is 0.682. The van der Waals surface area contributed by atoms with Gasteiger partial charge in [0.05, 0.1) is 5.02 Å². The molecule has 0 bridgehead atoms. The number of aryl methyl sites for hydroxylation is 1. The molecule has 2 heteroatoms. The molecule has 10 heavy (non-hydrogen) atoms. The first kappa shape index (κ1) is 9.57. The van der Waals surface area contributed by atoms with Crippen LogP contribution < -0.4 is 0 Å². The van der Waals surface area contributed by atoms with Crippen LogP contribution in [0.5, 0.6) is 0 Å². The van der Waals surface area contributed by atoms with Crippen molar-refractivity contribution in [2.75, 3.05) is 0 Å². The molecule has 0 aliphatic carbocycles. The van der Waals surface area contributed by atoms with Gasteiger partial charge in [-0.2, -0.15) is 0 Å². The predicted octanol–water partition coefficient (Wildman–Crippen LogP) is 3.52. The molecule has 0 aliphatic heterocycles. The first-order chi connectivity index (χ1) is 4.83. The molecule has 58 valence electrons. The van der Waals surface area contributed by atoms with Gasteiger partial charge in [-0.3, -0.25) is 0 Å². The summed E-state index contributed by atoms with van der Waals surface area (Å²) in [5.74, 6) is 0.940. The van der Waals surface area contributed by atoms with Crippen LogP contribution >= 0.6 is 11.6 Å². The van der Waals surface area contributed by atoms with Crippen molar-refractivity contribution >= 4 is 11.6 Å². The summed E-state index contributed by atoms with van der Waals surface area (Å²) in [5, 5.41) is 0.682. The van der Waals surface area contributed by atoms with Crippen molar-refractivity contribution in [3.63, 3.8) is 0 Å². The molecule has 0 aromatic carbocycles. The molecule has 0 saturated heterocycles. The Kier molecular flexibility index (Phi) is 5.13. The SMILES string of the molecule is CC.CCc1cc(Cl)co1. The summed E-state index contributed by atoms with van der Waals surface area (Å²) in [5.41, 5.74) is 0. The van der Waals surface area contributed by atoms with E-state index in [4.69, 9.17) is 16.0 Å². The van der Waals surface area contributed by atoms with E-state index in [0.717, 1.165) is 12.2 Å². The van der Waals surface area contributed by atoms with Crippen LogP contribution in [-0.2, 0) is 6.42 Å². The summed E-state index contributed by atoms with van der Waals surface area (Å²) in [6.07, 6.45) is 2.45. The highest BCUT2D eigenvalue weighted by atomic mass is 35.5. The van der Waals surface area contributed by atoms with E-state index in [9.17, 15) is 0 Å². The average Bonchev–Trinajstić information content (AvgIpc) is 2.40. The maximum absolute atomic E-state index is 5.55. The minimum Gasteiger partial charge on any atom is -0.468 e. The number of furan rings is 1. The molecule has 1 heterocycles. The van der Waals surface area contributed by atoms with Gasteiger partial charge < -0.3 is 4.42 Å². The van der Waals surface area contributed by atoms with Crippen LogP contribution in [0.3, 0.4) is 0 Å². The van der Waals surface area contributed by atoms with E-state index in [1.807, 2.05) is 26.8 Å². The lowest BCUT2D eigenvalue weighted by Gasteiger charge is -1.79. The number of hydrogen-bond donors (Lipinski definition) is 0. The second-order valence-electron chi connectivity index (χ2n) is 1.58. The second-order valence-corrected chi connectivity index (χ2v) is 2.02. The lowest BCUT2D eigenvalue weighted by Crippen LogP contribution is -1.67. The Labute approximate surface area is 67.0 Å². The van der Waals surface area contributed by atoms with Crippen LogP contribution in [-0.4, -0.2) is 0 Å². The van der Waals surface area contributed by atoms with E-state index >= 15 is 0 Å². The third-order valence-corrected chi connectivity index (χ3v) is 1.17. The molecule has 0 aliphatic rings. The normalized spacial score (nSPS) is 8.40. The highest BCUT2D eigenvalue weighted by molar-refractivity contribution is 6.30. The molecule has 0 spiro atoms. The van der Waals surface area contributed by atoms with Crippen molar-refractivity contribution in [1.82, 2.24) is 0 Å². The molecule has 0 amide bonds. The first-order valence-corrected chi connectivity index (χ1v) is 3.93. The molecule has 1 aromatic heterocycles. The van der Waals surface area contributed by atoms with Crippen LogP contribution in [0.1, 0.15) is 26.5 Å². The highest BCUT2D eigenvalue weighted by Crippen LogP contribution is 2.12. The summed E-state index contributed by atoms with van der Waals surface area (Å²) in [4.78, 5) is 0. The Morgan fingerprint density at radius 1 is 1.50 bits per heavy atom. The molecule has 0 radical (unpaired) electrons. The molecular weight excluding hydrogens is 148 g/mol. The van der Waals surface area contributed by atoms with Gasteiger partial charge in [0.2, 0.25) is 0 Å². The highest BCUT2D eigenvalue weighted by Gasteiger charge is 1.93. The van der Waals surface area contributed by atoms with E-state index in [2.05, 4.69) is 0 Å². The van der Waals surface area contributed by atoms with Crippen LogP contribution in [0.2, 0.25) is 5.02 Å². The molecule has 0 unspecified atom stereocenters.